The number of carbonyl (C=O) groups is 2. The Hall–Kier alpha value is -1.10. The number of hydrogen-bond acceptors (Lipinski definition) is 3. The third-order valence-corrected chi connectivity index (χ3v) is 3.47. The Morgan fingerprint density at radius 1 is 1.44 bits per heavy atom. The van der Waals surface area contributed by atoms with Gasteiger partial charge in [0.05, 0.1) is 11.8 Å². The number of carboxylic acid groups (broad SMARTS) is 1. The molecule has 0 aromatic heterocycles. The Morgan fingerprint density at radius 3 is 2.61 bits per heavy atom. The molecule has 0 radical (unpaired) electrons. The second-order valence-corrected chi connectivity index (χ2v) is 5.52. The summed E-state index contributed by atoms with van der Waals surface area (Å²) in [6, 6.07) is 0. The number of nitrogens with zero attached hydrogens (tertiary/aromatic N) is 1. The normalized spacial score (nSPS) is 22.0. The lowest BCUT2D eigenvalue weighted by Gasteiger charge is -2.33. The molecule has 5 nitrogen and oxygen atoms in total. The number of likely N-dealkylation sites (tertiary alicyclic amines) is 1. The Bertz CT molecular complexity index is 305. The molecule has 2 atom stereocenters. The first-order valence-corrected chi connectivity index (χ1v) is 6.67. The minimum atomic E-state index is -0.805. The highest BCUT2D eigenvalue weighted by atomic mass is 16.4. The SMILES string of the molecule is CC(C)CC(CN)C(=O)N1CCC[C@H](C(=O)O)C1. The Balaban J connectivity index is 2.61. The number of carboxylic acids is 1. The van der Waals surface area contributed by atoms with Gasteiger partial charge in [0.25, 0.3) is 0 Å². The van der Waals surface area contributed by atoms with Crippen molar-refractivity contribution < 1.29 is 14.7 Å². The van der Waals surface area contributed by atoms with Crippen molar-refractivity contribution >= 4 is 11.9 Å². The molecule has 1 amide bonds. The fourth-order valence-electron chi connectivity index (χ4n) is 2.50. The van der Waals surface area contributed by atoms with Crippen LogP contribution in [0.4, 0.5) is 0 Å². The molecule has 1 fully saturated rings. The summed E-state index contributed by atoms with van der Waals surface area (Å²) in [4.78, 5) is 24.9. The van der Waals surface area contributed by atoms with Crippen LogP contribution in [0.5, 0.6) is 0 Å². The number of aliphatic carboxylic acids is 1. The molecule has 1 rings (SSSR count). The molecule has 1 heterocycles. The van der Waals surface area contributed by atoms with Gasteiger partial charge in [-0.05, 0) is 25.2 Å². The number of hydrogen-bond donors (Lipinski definition) is 2. The second kappa shape index (κ2) is 6.73. The van der Waals surface area contributed by atoms with E-state index in [0.717, 1.165) is 12.8 Å². The smallest absolute Gasteiger partial charge is 0.308 e. The lowest BCUT2D eigenvalue weighted by molar-refractivity contribution is -0.146. The predicted octanol–water partition coefficient (Wildman–Crippen LogP) is 0.931. The highest BCUT2D eigenvalue weighted by molar-refractivity contribution is 5.80. The van der Waals surface area contributed by atoms with Crippen molar-refractivity contribution in [3.63, 3.8) is 0 Å². The van der Waals surface area contributed by atoms with Gasteiger partial charge in [0.15, 0.2) is 0 Å². The van der Waals surface area contributed by atoms with Crippen LogP contribution >= 0.6 is 0 Å². The maximum Gasteiger partial charge on any atom is 0.308 e. The van der Waals surface area contributed by atoms with E-state index in [1.54, 1.807) is 4.90 Å². The van der Waals surface area contributed by atoms with Crippen LogP contribution in [0, 0.1) is 17.8 Å². The zero-order valence-electron chi connectivity index (χ0n) is 11.3. The van der Waals surface area contributed by atoms with E-state index in [9.17, 15) is 9.59 Å². The molecular weight excluding hydrogens is 232 g/mol. The molecule has 3 N–H and O–H groups in total. The van der Waals surface area contributed by atoms with Crippen LogP contribution < -0.4 is 5.73 Å². The van der Waals surface area contributed by atoms with E-state index in [1.807, 2.05) is 0 Å². The molecule has 0 aromatic rings. The zero-order chi connectivity index (χ0) is 13.7. The van der Waals surface area contributed by atoms with E-state index in [2.05, 4.69) is 13.8 Å². The molecule has 0 saturated carbocycles. The molecule has 104 valence electrons. The number of nitrogens with two attached hydrogens (primary N) is 1. The molecular formula is C13H24N2O3. The topological polar surface area (TPSA) is 83.6 Å². The van der Waals surface area contributed by atoms with Gasteiger partial charge in [-0.1, -0.05) is 13.8 Å². The minimum absolute atomic E-state index is 0.0251. The summed E-state index contributed by atoms with van der Waals surface area (Å²) < 4.78 is 0. The van der Waals surface area contributed by atoms with Crippen molar-refractivity contribution in [2.75, 3.05) is 19.6 Å². The van der Waals surface area contributed by atoms with Gasteiger partial charge < -0.3 is 15.7 Å². The van der Waals surface area contributed by atoms with Gasteiger partial charge in [-0.15, -0.1) is 0 Å². The van der Waals surface area contributed by atoms with Crippen LogP contribution in [-0.4, -0.2) is 41.5 Å². The molecule has 0 aliphatic carbocycles. The van der Waals surface area contributed by atoms with Crippen molar-refractivity contribution in [1.82, 2.24) is 4.90 Å². The predicted molar refractivity (Wildman–Crippen MR) is 68.9 cm³/mol. The summed E-state index contributed by atoms with van der Waals surface area (Å²) >= 11 is 0. The number of carbonyl (C=O) groups excluding carboxylic acids is 1. The summed E-state index contributed by atoms with van der Waals surface area (Å²) in [5, 5.41) is 9.02. The number of piperidine rings is 1. The summed E-state index contributed by atoms with van der Waals surface area (Å²) in [7, 11) is 0. The standard InChI is InChI=1S/C13H24N2O3/c1-9(2)6-11(7-14)12(16)15-5-3-4-10(8-15)13(17)18/h9-11H,3-8,14H2,1-2H3,(H,17,18)/t10-,11?/m0/s1. The number of rotatable bonds is 5. The van der Waals surface area contributed by atoms with Crippen molar-refractivity contribution in [1.29, 1.82) is 0 Å². The lowest BCUT2D eigenvalue weighted by Crippen LogP contribution is -2.46. The van der Waals surface area contributed by atoms with Crippen LogP contribution in [0.3, 0.4) is 0 Å². The van der Waals surface area contributed by atoms with Gasteiger partial charge in [0.2, 0.25) is 5.91 Å². The summed E-state index contributed by atoms with van der Waals surface area (Å²) in [6.07, 6.45) is 2.20. The van der Waals surface area contributed by atoms with Crippen LogP contribution in [0.2, 0.25) is 0 Å². The van der Waals surface area contributed by atoms with E-state index in [4.69, 9.17) is 10.8 Å². The van der Waals surface area contributed by atoms with Gasteiger partial charge in [0.1, 0.15) is 0 Å². The molecule has 1 saturated heterocycles. The average molecular weight is 256 g/mol. The Kier molecular flexibility index (Phi) is 5.59. The van der Waals surface area contributed by atoms with E-state index < -0.39 is 11.9 Å². The Labute approximate surface area is 108 Å². The summed E-state index contributed by atoms with van der Waals surface area (Å²) in [6.45, 7) is 5.46. The molecule has 0 spiro atoms. The van der Waals surface area contributed by atoms with Crippen molar-refractivity contribution in [3.8, 4) is 0 Å². The first kappa shape index (κ1) is 15.0. The van der Waals surface area contributed by atoms with E-state index in [1.165, 1.54) is 0 Å². The van der Waals surface area contributed by atoms with E-state index >= 15 is 0 Å². The second-order valence-electron chi connectivity index (χ2n) is 5.52. The molecule has 0 aromatic carbocycles. The third-order valence-electron chi connectivity index (χ3n) is 3.47. The van der Waals surface area contributed by atoms with Crippen LogP contribution in [-0.2, 0) is 9.59 Å². The lowest BCUT2D eigenvalue weighted by atomic mass is 9.93. The van der Waals surface area contributed by atoms with Gasteiger partial charge in [0, 0.05) is 19.6 Å². The average Bonchev–Trinajstić information content (AvgIpc) is 2.35. The fourth-order valence-corrected chi connectivity index (χ4v) is 2.50. The monoisotopic (exact) mass is 256 g/mol. The van der Waals surface area contributed by atoms with Gasteiger partial charge in [-0.3, -0.25) is 9.59 Å². The van der Waals surface area contributed by atoms with Crippen molar-refractivity contribution in [2.45, 2.75) is 33.1 Å². The van der Waals surface area contributed by atoms with Gasteiger partial charge in [-0.25, -0.2) is 0 Å². The van der Waals surface area contributed by atoms with Gasteiger partial charge in [-0.2, -0.15) is 0 Å². The van der Waals surface area contributed by atoms with E-state index in [-0.39, 0.29) is 11.8 Å². The first-order chi connectivity index (χ1) is 8.45. The summed E-state index contributed by atoms with van der Waals surface area (Å²) in [5.41, 5.74) is 5.66. The molecule has 0 bridgehead atoms. The van der Waals surface area contributed by atoms with Crippen LogP contribution in [0.15, 0.2) is 0 Å². The first-order valence-electron chi connectivity index (χ1n) is 6.67. The van der Waals surface area contributed by atoms with Crippen LogP contribution in [0.25, 0.3) is 0 Å². The molecule has 1 unspecified atom stereocenters. The maximum atomic E-state index is 12.3. The molecule has 1 aliphatic rings. The van der Waals surface area contributed by atoms with Crippen molar-refractivity contribution in [3.05, 3.63) is 0 Å². The minimum Gasteiger partial charge on any atom is -0.481 e. The van der Waals surface area contributed by atoms with E-state index in [0.29, 0.717) is 32.0 Å². The molecule has 5 heteroatoms. The quantitative estimate of drug-likeness (QED) is 0.766. The highest BCUT2D eigenvalue weighted by Crippen LogP contribution is 2.20. The fraction of sp³-hybridized carbons (Fsp3) is 0.846. The molecule has 1 aliphatic heterocycles. The highest BCUT2D eigenvalue weighted by Gasteiger charge is 2.31. The zero-order valence-corrected chi connectivity index (χ0v) is 11.3. The summed E-state index contributed by atoms with van der Waals surface area (Å²) in [5.74, 6) is -0.946. The largest absolute Gasteiger partial charge is 0.481 e. The Morgan fingerprint density at radius 2 is 2.11 bits per heavy atom. The van der Waals surface area contributed by atoms with Crippen LogP contribution in [0.1, 0.15) is 33.1 Å². The third kappa shape index (κ3) is 3.98. The molecule has 18 heavy (non-hydrogen) atoms. The van der Waals surface area contributed by atoms with Gasteiger partial charge >= 0.3 is 5.97 Å². The maximum absolute atomic E-state index is 12.3. The van der Waals surface area contributed by atoms with Crippen molar-refractivity contribution in [2.24, 2.45) is 23.5 Å². The number of amides is 1.